The highest BCUT2D eigenvalue weighted by atomic mass is 35.5. The molecule has 1 aliphatic carbocycles. The summed E-state index contributed by atoms with van der Waals surface area (Å²) in [5.74, 6) is 9.69. The number of halogens is 1. The predicted molar refractivity (Wildman–Crippen MR) is 137 cm³/mol. The van der Waals surface area contributed by atoms with E-state index in [4.69, 9.17) is 5.21 Å². The number of carbonyl (C=O) groups excluding carboxylic acids is 2. The summed E-state index contributed by atoms with van der Waals surface area (Å²) < 4.78 is 23.8. The number of aliphatic carboxylic acids is 1. The van der Waals surface area contributed by atoms with Crippen molar-refractivity contribution in [3.05, 3.63) is 23.5 Å². The molecule has 1 aromatic heterocycles. The van der Waals surface area contributed by atoms with Gasteiger partial charge in [-0.25, -0.2) is 18.7 Å². The number of nitrogens with zero attached hydrogens (tertiary/aromatic N) is 3. The van der Waals surface area contributed by atoms with Crippen LogP contribution in [0.2, 0.25) is 0 Å². The summed E-state index contributed by atoms with van der Waals surface area (Å²) in [6.07, 6.45) is 4.40. The number of fused-ring (bicyclic) bond motifs is 1. The molecule has 11 nitrogen and oxygen atoms in total. The molecular weight excluding hydrogens is 524 g/mol. The average Bonchev–Trinajstić information content (AvgIpc) is 3.35. The number of sulfone groups is 1. The molecule has 2 amide bonds. The Bertz CT molecular complexity index is 1310. The molecular formula is C24H31ClN4O7S. The lowest BCUT2D eigenvalue weighted by Crippen LogP contribution is -2.50. The molecule has 1 aliphatic heterocycles. The smallest absolute Gasteiger partial charge is 0.328 e. The van der Waals surface area contributed by atoms with Crippen molar-refractivity contribution in [1.29, 1.82) is 0 Å². The molecule has 0 spiro atoms. The molecule has 3 N–H and O–H groups in total. The number of carboxylic acid groups (broad SMARTS) is 1. The van der Waals surface area contributed by atoms with E-state index in [1.54, 1.807) is 31.3 Å². The zero-order chi connectivity index (χ0) is 26.9. The quantitative estimate of drug-likeness (QED) is 0.232. The topological polar surface area (TPSA) is 149 Å². The fourth-order valence-electron chi connectivity index (χ4n) is 4.06. The number of hydrogen-bond donors (Lipinski definition) is 3. The van der Waals surface area contributed by atoms with Crippen molar-refractivity contribution in [2.24, 2.45) is 5.41 Å². The van der Waals surface area contributed by atoms with Crippen LogP contribution in [0.25, 0.3) is 0 Å². The summed E-state index contributed by atoms with van der Waals surface area (Å²) in [6, 6.07) is 0.763. The van der Waals surface area contributed by atoms with Gasteiger partial charge in [0.2, 0.25) is 0 Å². The number of likely N-dealkylation sites (N-methyl/N-ethyl adjacent to an activating group) is 1. The summed E-state index contributed by atoms with van der Waals surface area (Å²) in [5.41, 5.74) is 2.33. The summed E-state index contributed by atoms with van der Waals surface area (Å²) in [5, 5.41) is 18.3. The Labute approximate surface area is 222 Å². The van der Waals surface area contributed by atoms with Crippen molar-refractivity contribution in [3.63, 3.8) is 0 Å². The van der Waals surface area contributed by atoms with Gasteiger partial charge in [-0.15, -0.1) is 12.4 Å². The largest absolute Gasteiger partial charge is 0.480 e. The van der Waals surface area contributed by atoms with Gasteiger partial charge < -0.3 is 10.0 Å². The highest BCUT2D eigenvalue weighted by Gasteiger charge is 2.45. The molecule has 0 saturated heterocycles. The maximum atomic E-state index is 12.8. The Balaban J connectivity index is 0.00000481. The minimum atomic E-state index is -3.86. The normalized spacial score (nSPS) is 17.8. The van der Waals surface area contributed by atoms with Crippen LogP contribution in [-0.4, -0.2) is 88.7 Å². The Morgan fingerprint density at radius 2 is 1.95 bits per heavy atom. The van der Waals surface area contributed by atoms with Gasteiger partial charge in [0.05, 0.1) is 6.54 Å². The van der Waals surface area contributed by atoms with E-state index in [0.29, 0.717) is 17.7 Å². The van der Waals surface area contributed by atoms with Crippen LogP contribution in [0.3, 0.4) is 0 Å². The summed E-state index contributed by atoms with van der Waals surface area (Å²) >= 11 is 0. The molecule has 2 heterocycles. The summed E-state index contributed by atoms with van der Waals surface area (Å²) in [4.78, 5) is 39.3. The first-order valence-corrected chi connectivity index (χ1v) is 13.2. The van der Waals surface area contributed by atoms with E-state index in [9.17, 15) is 27.9 Å². The van der Waals surface area contributed by atoms with E-state index in [0.717, 1.165) is 19.1 Å². The molecule has 1 aromatic rings. The van der Waals surface area contributed by atoms with Crippen LogP contribution in [-0.2, 0) is 26.0 Å². The number of aromatic nitrogens is 1. The first-order chi connectivity index (χ1) is 16.7. The van der Waals surface area contributed by atoms with Crippen molar-refractivity contribution >= 4 is 40.2 Å². The lowest BCUT2D eigenvalue weighted by molar-refractivity contribution is -0.142. The van der Waals surface area contributed by atoms with Gasteiger partial charge in [-0.3, -0.25) is 24.3 Å². The second-order valence-electron chi connectivity index (χ2n) is 9.79. The number of amides is 2. The Morgan fingerprint density at radius 1 is 1.30 bits per heavy atom. The van der Waals surface area contributed by atoms with Gasteiger partial charge in [0, 0.05) is 35.7 Å². The van der Waals surface area contributed by atoms with Crippen LogP contribution < -0.4 is 5.48 Å². The minimum Gasteiger partial charge on any atom is -0.480 e. The first kappa shape index (κ1) is 30.2. The molecule has 202 valence electrons. The van der Waals surface area contributed by atoms with E-state index in [-0.39, 0.29) is 43.4 Å². The maximum absolute atomic E-state index is 12.8. The van der Waals surface area contributed by atoms with Crippen LogP contribution in [0.15, 0.2) is 12.3 Å². The van der Waals surface area contributed by atoms with Crippen LogP contribution in [0.5, 0.6) is 0 Å². The molecule has 2 atom stereocenters. The molecule has 1 saturated carbocycles. The third-order valence-corrected chi connectivity index (χ3v) is 8.96. The van der Waals surface area contributed by atoms with Crippen molar-refractivity contribution in [1.82, 2.24) is 19.8 Å². The number of carboxylic acids is 1. The lowest BCUT2D eigenvalue weighted by Gasteiger charge is -2.27. The van der Waals surface area contributed by atoms with Gasteiger partial charge in [-0.2, -0.15) is 0 Å². The number of rotatable bonds is 9. The van der Waals surface area contributed by atoms with Gasteiger partial charge >= 0.3 is 12.0 Å². The molecule has 2 unspecified atom stereocenters. The molecule has 1 fully saturated rings. The van der Waals surface area contributed by atoms with Gasteiger partial charge in [0.25, 0.3) is 5.91 Å². The third-order valence-electron chi connectivity index (χ3n) is 6.93. The SMILES string of the molecule is CN(C)C(CC1(C#CC#Cc2cc3n(c2)C(=O)N(CCC(C)(C(=O)NO)S(C)(=O)=O)C3)CC1)C(=O)O.Cl. The molecule has 0 bridgehead atoms. The predicted octanol–water partition coefficient (Wildman–Crippen LogP) is 0.932. The Hall–Kier alpha value is -3.03. The number of hydroxylamine groups is 1. The fourth-order valence-corrected chi connectivity index (χ4v) is 4.90. The van der Waals surface area contributed by atoms with Crippen LogP contribution >= 0.6 is 12.4 Å². The number of carbonyl (C=O) groups is 3. The van der Waals surface area contributed by atoms with E-state index in [1.807, 2.05) is 0 Å². The zero-order valence-electron chi connectivity index (χ0n) is 21.1. The molecule has 3 rings (SSSR count). The summed E-state index contributed by atoms with van der Waals surface area (Å²) in [6.45, 7) is 1.42. The van der Waals surface area contributed by atoms with Gasteiger partial charge in [-0.05, 0) is 64.6 Å². The van der Waals surface area contributed by atoms with Crippen molar-refractivity contribution < 1.29 is 33.1 Å². The van der Waals surface area contributed by atoms with E-state index >= 15 is 0 Å². The van der Waals surface area contributed by atoms with Crippen LogP contribution in [0.1, 0.15) is 43.9 Å². The third kappa shape index (κ3) is 6.46. The second kappa shape index (κ2) is 11.2. The number of hydrogen-bond acceptors (Lipinski definition) is 7. The lowest BCUT2D eigenvalue weighted by atomic mass is 9.97. The molecule has 0 radical (unpaired) electrons. The van der Waals surface area contributed by atoms with E-state index < -0.39 is 32.5 Å². The fraction of sp³-hybridized carbons (Fsp3) is 0.542. The first-order valence-electron chi connectivity index (χ1n) is 11.3. The van der Waals surface area contributed by atoms with E-state index in [2.05, 4.69) is 23.7 Å². The molecule has 13 heteroatoms. The summed E-state index contributed by atoms with van der Waals surface area (Å²) in [7, 11) is -0.401. The Kier molecular flexibility index (Phi) is 9.10. The molecule has 2 aliphatic rings. The van der Waals surface area contributed by atoms with Crippen molar-refractivity contribution in [3.8, 4) is 23.7 Å². The van der Waals surface area contributed by atoms with E-state index in [1.165, 1.54) is 21.9 Å². The zero-order valence-corrected chi connectivity index (χ0v) is 22.7. The van der Waals surface area contributed by atoms with Crippen molar-refractivity contribution in [2.75, 3.05) is 26.9 Å². The maximum Gasteiger partial charge on any atom is 0.328 e. The molecule has 0 aromatic carbocycles. The standard InChI is InChI=1S/C24H30N4O7S.ClH/c1-23(21(31)25-33,36(4,34)35)11-12-27-16-18-13-17(15-28(18)22(27)32)7-5-6-8-24(9-10-24)14-19(20(29)30)26(2)3;/h13,15,19,33H,9-12,14,16H2,1-4H3,(H,25,31)(H,29,30);1H. The minimum absolute atomic E-state index is 0. The van der Waals surface area contributed by atoms with Gasteiger partial charge in [0.15, 0.2) is 14.6 Å². The number of nitrogens with one attached hydrogen (secondary N) is 1. The van der Waals surface area contributed by atoms with Gasteiger partial charge in [0.1, 0.15) is 6.04 Å². The molecule has 37 heavy (non-hydrogen) atoms. The highest BCUT2D eigenvalue weighted by molar-refractivity contribution is 7.92. The highest BCUT2D eigenvalue weighted by Crippen LogP contribution is 2.49. The Morgan fingerprint density at radius 3 is 2.43 bits per heavy atom. The van der Waals surface area contributed by atoms with Crippen molar-refractivity contribution in [2.45, 2.75) is 49.9 Å². The average molecular weight is 555 g/mol. The second-order valence-corrected chi connectivity index (χ2v) is 12.2. The van der Waals surface area contributed by atoms with Crippen LogP contribution in [0, 0.1) is 29.1 Å². The van der Waals surface area contributed by atoms with Gasteiger partial charge in [-0.1, -0.05) is 11.8 Å². The monoisotopic (exact) mass is 554 g/mol. The van der Waals surface area contributed by atoms with Crippen LogP contribution in [0.4, 0.5) is 4.79 Å².